The number of para-hydroxylation sites is 1. The van der Waals surface area contributed by atoms with E-state index in [0.717, 1.165) is 23.7 Å². The van der Waals surface area contributed by atoms with Gasteiger partial charge in [-0.1, -0.05) is 49.7 Å². The summed E-state index contributed by atoms with van der Waals surface area (Å²) in [5.41, 5.74) is 3.01. The summed E-state index contributed by atoms with van der Waals surface area (Å²) < 4.78 is 1.32. The second-order valence-electron chi connectivity index (χ2n) is 7.12. The fourth-order valence-corrected chi connectivity index (χ4v) is 3.34. The molecule has 31 heavy (non-hydrogen) atoms. The van der Waals surface area contributed by atoms with Crippen LogP contribution in [0, 0.1) is 0 Å². The van der Waals surface area contributed by atoms with E-state index in [0.29, 0.717) is 22.9 Å². The van der Waals surface area contributed by atoms with Crippen LogP contribution in [0.5, 0.6) is 0 Å². The van der Waals surface area contributed by atoms with Crippen molar-refractivity contribution in [2.24, 2.45) is 5.10 Å². The lowest BCUT2D eigenvalue weighted by molar-refractivity contribution is 0.0949. The molecule has 0 radical (unpaired) electrons. The van der Waals surface area contributed by atoms with E-state index in [9.17, 15) is 14.4 Å². The minimum absolute atomic E-state index is 0.107. The summed E-state index contributed by atoms with van der Waals surface area (Å²) in [7, 11) is 0. The van der Waals surface area contributed by atoms with Crippen molar-refractivity contribution in [1.82, 2.24) is 20.2 Å². The molecule has 0 saturated heterocycles. The average molecular weight is 415 g/mol. The van der Waals surface area contributed by atoms with Gasteiger partial charge in [-0.05, 0) is 30.0 Å². The summed E-state index contributed by atoms with van der Waals surface area (Å²) in [6, 6.07) is 15.9. The van der Waals surface area contributed by atoms with E-state index in [4.69, 9.17) is 0 Å². The zero-order chi connectivity index (χ0) is 21.8. The molecule has 8 heteroatoms. The average Bonchev–Trinajstić information content (AvgIpc) is 2.79. The van der Waals surface area contributed by atoms with Crippen LogP contribution in [0.3, 0.4) is 0 Å². The highest BCUT2D eigenvalue weighted by Gasteiger charge is 2.16. The van der Waals surface area contributed by atoms with E-state index in [1.165, 1.54) is 10.9 Å². The smallest absolute Gasteiger partial charge is 0.292 e. The zero-order valence-electron chi connectivity index (χ0n) is 17.0. The van der Waals surface area contributed by atoms with Crippen molar-refractivity contribution in [3.8, 4) is 0 Å². The number of nitrogens with zero attached hydrogens (tertiary/aromatic N) is 3. The Balaban J connectivity index is 1.64. The molecule has 0 unspecified atom stereocenters. The van der Waals surface area contributed by atoms with Crippen LogP contribution in [0.15, 0.2) is 69.3 Å². The fourth-order valence-electron chi connectivity index (χ4n) is 3.34. The molecule has 0 fully saturated rings. The Labute approximate surface area is 177 Å². The number of nitrogens with one attached hydrogen (secondary N) is 2. The summed E-state index contributed by atoms with van der Waals surface area (Å²) in [6.07, 6.45) is 2.96. The van der Waals surface area contributed by atoms with Crippen LogP contribution < -0.4 is 16.5 Å². The van der Waals surface area contributed by atoms with Gasteiger partial charge in [0.25, 0.3) is 17.0 Å². The molecule has 0 aliphatic heterocycles. The van der Waals surface area contributed by atoms with Crippen LogP contribution in [-0.2, 0) is 6.54 Å². The van der Waals surface area contributed by atoms with E-state index in [2.05, 4.69) is 20.6 Å². The van der Waals surface area contributed by atoms with Crippen LogP contribution in [0.2, 0.25) is 0 Å². The van der Waals surface area contributed by atoms with Gasteiger partial charge in [0.05, 0.1) is 17.2 Å². The van der Waals surface area contributed by atoms with E-state index >= 15 is 0 Å². The van der Waals surface area contributed by atoms with Gasteiger partial charge >= 0.3 is 0 Å². The first-order valence-electron chi connectivity index (χ1n) is 10.0. The number of carbonyl (C=O) groups is 1. The van der Waals surface area contributed by atoms with Gasteiger partial charge in [0.15, 0.2) is 5.69 Å². The van der Waals surface area contributed by atoms with Gasteiger partial charge < -0.3 is 4.98 Å². The van der Waals surface area contributed by atoms with Crippen LogP contribution in [-0.4, -0.2) is 26.9 Å². The Morgan fingerprint density at radius 1 is 1.13 bits per heavy atom. The van der Waals surface area contributed by atoms with Gasteiger partial charge in [0, 0.05) is 17.4 Å². The number of pyridine rings is 1. The largest absolute Gasteiger partial charge is 0.321 e. The van der Waals surface area contributed by atoms with E-state index in [1.807, 2.05) is 31.2 Å². The number of aromatic amines is 1. The number of unbranched alkanes of at least 4 members (excludes halogenated alkanes) is 1. The van der Waals surface area contributed by atoms with Gasteiger partial charge in [-0.15, -0.1) is 0 Å². The highest BCUT2D eigenvalue weighted by atomic mass is 16.2. The number of hydrogen-bond donors (Lipinski definition) is 2. The van der Waals surface area contributed by atoms with Crippen molar-refractivity contribution in [2.45, 2.75) is 26.3 Å². The molecule has 4 aromatic rings. The Bertz CT molecular complexity index is 1420. The maximum Gasteiger partial charge on any atom is 0.292 e. The molecule has 1 amide bonds. The summed E-state index contributed by atoms with van der Waals surface area (Å²) >= 11 is 0. The second kappa shape index (κ2) is 8.74. The summed E-state index contributed by atoms with van der Waals surface area (Å²) in [5, 5.41) is 9.94. The molecule has 0 bridgehead atoms. The first-order valence-corrected chi connectivity index (χ1v) is 10.0. The van der Waals surface area contributed by atoms with E-state index in [-0.39, 0.29) is 16.8 Å². The molecule has 0 spiro atoms. The number of carbonyl (C=O) groups excluding carboxylic acids is 1. The predicted octanol–water partition coefficient (Wildman–Crippen LogP) is 2.80. The number of aromatic nitrogens is 3. The number of hydrazone groups is 1. The molecule has 0 aliphatic carbocycles. The molecule has 4 rings (SSSR count). The quantitative estimate of drug-likeness (QED) is 0.373. The third kappa shape index (κ3) is 4.13. The second-order valence-corrected chi connectivity index (χ2v) is 7.12. The third-order valence-corrected chi connectivity index (χ3v) is 4.96. The van der Waals surface area contributed by atoms with Gasteiger partial charge in [0.2, 0.25) is 0 Å². The van der Waals surface area contributed by atoms with Crippen molar-refractivity contribution >= 4 is 33.8 Å². The van der Waals surface area contributed by atoms with Crippen LogP contribution in [0.1, 0.15) is 35.8 Å². The molecule has 156 valence electrons. The predicted molar refractivity (Wildman–Crippen MR) is 121 cm³/mol. The van der Waals surface area contributed by atoms with Crippen molar-refractivity contribution in [3.63, 3.8) is 0 Å². The standard InChI is InChI=1S/C23H21N5O3/c1-2-3-12-28-23(31)18-10-6-5-9-17(18)20(27-28)22(30)26-24-14-16-13-15-8-4-7-11-19(15)25-21(16)29/h4-11,13-14H,2-3,12H2,1H3,(H,25,29)(H,26,30)/b24-14+. The topological polar surface area (TPSA) is 109 Å². The molecule has 2 heterocycles. The molecule has 2 aromatic carbocycles. The van der Waals surface area contributed by atoms with Gasteiger partial charge in [-0.2, -0.15) is 10.2 Å². The summed E-state index contributed by atoms with van der Waals surface area (Å²) in [4.78, 5) is 40.5. The molecular weight excluding hydrogens is 394 g/mol. The van der Waals surface area contributed by atoms with Crippen LogP contribution >= 0.6 is 0 Å². The summed E-state index contributed by atoms with van der Waals surface area (Å²) in [5.74, 6) is -0.560. The minimum atomic E-state index is -0.560. The Hall–Kier alpha value is -4.07. The van der Waals surface area contributed by atoms with Gasteiger partial charge in [0.1, 0.15) is 0 Å². The first-order chi connectivity index (χ1) is 15.1. The zero-order valence-corrected chi connectivity index (χ0v) is 17.0. The number of H-pyrrole nitrogens is 1. The molecule has 8 nitrogen and oxygen atoms in total. The molecule has 2 N–H and O–H groups in total. The maximum absolute atomic E-state index is 12.8. The molecule has 2 aromatic heterocycles. The van der Waals surface area contributed by atoms with E-state index in [1.54, 1.807) is 30.3 Å². The van der Waals surface area contributed by atoms with Gasteiger partial charge in [-0.3, -0.25) is 14.4 Å². The fraction of sp³-hybridized carbons (Fsp3) is 0.174. The van der Waals surface area contributed by atoms with E-state index < -0.39 is 5.91 Å². The SMILES string of the molecule is CCCCn1nc(C(=O)N/N=C/c2cc3ccccc3[nH]c2=O)c2ccccc2c1=O. The van der Waals surface area contributed by atoms with Crippen LogP contribution in [0.4, 0.5) is 0 Å². The number of aryl methyl sites for hydroxylation is 1. The van der Waals surface area contributed by atoms with Crippen molar-refractivity contribution in [3.05, 3.63) is 86.6 Å². The highest BCUT2D eigenvalue weighted by Crippen LogP contribution is 2.13. The Morgan fingerprint density at radius 3 is 2.68 bits per heavy atom. The summed E-state index contributed by atoms with van der Waals surface area (Å²) in [6.45, 7) is 2.44. The number of hydrogen-bond acceptors (Lipinski definition) is 5. The van der Waals surface area contributed by atoms with Crippen LogP contribution in [0.25, 0.3) is 21.7 Å². The number of fused-ring (bicyclic) bond motifs is 2. The Kier molecular flexibility index (Phi) is 5.70. The maximum atomic E-state index is 12.8. The normalized spacial score (nSPS) is 11.4. The number of benzene rings is 2. The van der Waals surface area contributed by atoms with Crippen molar-refractivity contribution < 1.29 is 4.79 Å². The highest BCUT2D eigenvalue weighted by molar-refractivity contribution is 6.05. The van der Waals surface area contributed by atoms with Gasteiger partial charge in [-0.25, -0.2) is 10.1 Å². The minimum Gasteiger partial charge on any atom is -0.321 e. The number of amides is 1. The Morgan fingerprint density at radius 2 is 1.87 bits per heavy atom. The lowest BCUT2D eigenvalue weighted by atomic mass is 10.1. The number of rotatable bonds is 6. The van der Waals surface area contributed by atoms with Crippen molar-refractivity contribution in [2.75, 3.05) is 0 Å². The first kappa shape index (κ1) is 20.2. The molecular formula is C23H21N5O3. The monoisotopic (exact) mass is 415 g/mol. The lowest BCUT2D eigenvalue weighted by Gasteiger charge is -2.09. The lowest BCUT2D eigenvalue weighted by Crippen LogP contribution is -2.29. The third-order valence-electron chi connectivity index (χ3n) is 4.96. The molecule has 0 atom stereocenters. The molecule has 0 aliphatic rings. The molecule has 0 saturated carbocycles. The van der Waals surface area contributed by atoms with Crippen molar-refractivity contribution in [1.29, 1.82) is 0 Å².